The average molecular weight is 1420 g/mol. The van der Waals surface area contributed by atoms with E-state index in [4.69, 9.17) is 23.7 Å². The van der Waals surface area contributed by atoms with Gasteiger partial charge in [0.15, 0.2) is 0 Å². The Kier molecular flexibility index (Phi) is 43.4. The maximum Gasteiger partial charge on any atom is 0.120 e. The normalized spacial score (nSPS) is 14.2. The summed E-state index contributed by atoms with van der Waals surface area (Å²) in [7, 11) is 0. The van der Waals surface area contributed by atoms with Gasteiger partial charge < -0.3 is 23.7 Å². The zero-order valence-corrected chi connectivity index (χ0v) is 65.1. The van der Waals surface area contributed by atoms with Crippen molar-refractivity contribution in [3.63, 3.8) is 0 Å². The van der Waals surface area contributed by atoms with Crippen molar-refractivity contribution in [3.05, 3.63) is 158 Å². The van der Waals surface area contributed by atoms with E-state index in [0.717, 1.165) is 189 Å². The predicted octanol–water partition coefficient (Wildman–Crippen LogP) is 26.7. The topological polar surface area (TPSA) is 165 Å². The molecule has 5 aromatic carbocycles. The minimum absolute atomic E-state index is 0.360. The lowest BCUT2D eigenvalue weighted by molar-refractivity contribution is 0.126. The predicted molar refractivity (Wildman–Crippen MR) is 440 cm³/mol. The van der Waals surface area contributed by atoms with Crippen LogP contribution >= 0.6 is 0 Å². The highest BCUT2D eigenvalue weighted by molar-refractivity contribution is 5.98. The third-order valence-electron chi connectivity index (χ3n) is 19.6. The van der Waals surface area contributed by atoms with Gasteiger partial charge in [0.2, 0.25) is 0 Å². The van der Waals surface area contributed by atoms with Crippen LogP contribution in [0.1, 0.15) is 333 Å². The van der Waals surface area contributed by atoms with Crippen molar-refractivity contribution in [2.75, 3.05) is 46.2 Å². The second kappa shape index (κ2) is 53.4. The monoisotopic (exact) mass is 1420 g/mol. The summed E-state index contributed by atoms with van der Waals surface area (Å²) in [5, 5.41) is 56.8. The van der Waals surface area contributed by atoms with Gasteiger partial charge in [-0.3, -0.25) is 0 Å². The van der Waals surface area contributed by atoms with Gasteiger partial charge in [0.05, 0.1) is 78.0 Å². The molecule has 0 aromatic heterocycles. The molecular formula is C95H125N5O5. The smallest absolute Gasteiger partial charge is 0.120 e. The van der Waals surface area contributed by atoms with Crippen LogP contribution in [0.4, 0.5) is 0 Å². The molecule has 10 nitrogen and oxygen atoms in total. The molecule has 6 rings (SSSR count). The van der Waals surface area contributed by atoms with Crippen LogP contribution in [0.3, 0.4) is 0 Å². The summed E-state index contributed by atoms with van der Waals surface area (Å²) < 4.78 is 31.9. The number of unbranched alkanes of at least 4 members (excludes halogenated alkanes) is 29. The number of benzene rings is 5. The van der Waals surface area contributed by atoms with Crippen molar-refractivity contribution in [2.24, 2.45) is 0 Å². The molecule has 10 heteroatoms. The molecule has 0 radical (unpaired) electrons. The summed E-state index contributed by atoms with van der Waals surface area (Å²) in [6.45, 7) is 15.6. The first-order valence-corrected chi connectivity index (χ1v) is 41.0. The molecule has 560 valence electrons. The maximum atomic E-state index is 11.4. The molecule has 0 N–H and O–H groups in total. The third kappa shape index (κ3) is 34.1. The van der Waals surface area contributed by atoms with E-state index < -0.39 is 0 Å². The summed E-state index contributed by atoms with van der Waals surface area (Å²) in [4.78, 5) is 0. The Morgan fingerprint density at radius 2 is 0.429 bits per heavy atom. The fraction of sp³-hybridized carbons (Fsp3) is 0.526. The van der Waals surface area contributed by atoms with E-state index in [1.807, 2.05) is 97.1 Å². The Balaban J connectivity index is 1.57. The minimum atomic E-state index is 0.360. The van der Waals surface area contributed by atoms with Gasteiger partial charge in [-0.2, -0.15) is 26.3 Å². The van der Waals surface area contributed by atoms with Crippen LogP contribution in [0.2, 0.25) is 0 Å². The molecule has 1 aliphatic rings. The first-order valence-electron chi connectivity index (χ1n) is 41.0. The Morgan fingerprint density at radius 3 is 0.695 bits per heavy atom. The number of hydrogen-bond donors (Lipinski definition) is 0. The Hall–Kier alpha value is -8.43. The van der Waals surface area contributed by atoms with Crippen LogP contribution in [0, 0.1) is 56.7 Å². The third-order valence-corrected chi connectivity index (χ3v) is 19.6. The van der Waals surface area contributed by atoms with E-state index in [-0.39, 0.29) is 0 Å². The Bertz CT molecular complexity index is 3190. The summed E-state index contributed by atoms with van der Waals surface area (Å²) in [6, 6.07) is 42.7. The van der Waals surface area contributed by atoms with Crippen LogP contribution in [-0.2, 0) is 22.3 Å². The quantitative estimate of drug-likeness (QED) is 0.0342. The van der Waals surface area contributed by atoms with Gasteiger partial charge in [0.1, 0.15) is 17.2 Å². The van der Waals surface area contributed by atoms with Gasteiger partial charge in [-0.05, 0) is 235 Å². The van der Waals surface area contributed by atoms with Crippen molar-refractivity contribution in [3.8, 4) is 47.6 Å². The molecule has 0 aliphatic heterocycles. The summed E-state index contributed by atoms with van der Waals surface area (Å²) in [5.74, 6) is 1.76. The fourth-order valence-electron chi connectivity index (χ4n) is 13.6. The molecule has 0 saturated heterocycles. The number of ether oxygens (including phenoxy) is 5. The molecule has 1 aliphatic carbocycles. The molecule has 10 bridgehead atoms. The SMILES string of the molecule is CCCCCCCCCCOc1cc2cc(c1)/C(C#N)=C/c1cc(OCCCCCCCCCC)cc(c1)/C(C#N)=C/c1cc(OCCCCCCCCCC)cc(c1)/C(C#N)=C/c1cc(CCCCCOCCCCC)cc(c1)C(C#N)=Cc1cc(CCCCCOCCCCC)cc(c1)/C(C#N)=C/2. The number of aryl methyl sites for hydroxylation is 2. The zero-order valence-electron chi connectivity index (χ0n) is 65.1. The fourth-order valence-corrected chi connectivity index (χ4v) is 13.6. The summed E-state index contributed by atoms with van der Waals surface area (Å²) in [5.41, 5.74) is 10.9. The van der Waals surface area contributed by atoms with Gasteiger partial charge in [-0.15, -0.1) is 0 Å². The van der Waals surface area contributed by atoms with Gasteiger partial charge in [0, 0.05) is 26.4 Å². The molecule has 0 atom stereocenters. The van der Waals surface area contributed by atoms with Crippen LogP contribution < -0.4 is 14.2 Å². The van der Waals surface area contributed by atoms with E-state index >= 15 is 0 Å². The molecular weight excluding hydrogens is 1290 g/mol. The van der Waals surface area contributed by atoms with E-state index in [9.17, 15) is 26.3 Å². The lowest BCUT2D eigenvalue weighted by Crippen LogP contribution is -2.00. The Labute approximate surface area is 634 Å². The highest BCUT2D eigenvalue weighted by Crippen LogP contribution is 2.35. The van der Waals surface area contributed by atoms with Gasteiger partial charge >= 0.3 is 0 Å². The highest BCUT2D eigenvalue weighted by Gasteiger charge is 2.17. The van der Waals surface area contributed by atoms with Crippen LogP contribution in [0.5, 0.6) is 17.2 Å². The van der Waals surface area contributed by atoms with E-state index in [1.54, 1.807) is 0 Å². The number of fused-ring (bicyclic) bond motifs is 10. The van der Waals surface area contributed by atoms with Crippen LogP contribution in [-0.4, -0.2) is 46.2 Å². The highest BCUT2D eigenvalue weighted by atomic mass is 16.5. The first-order chi connectivity index (χ1) is 51.7. The zero-order chi connectivity index (χ0) is 74.6. The molecule has 0 heterocycles. The number of hydrogen-bond acceptors (Lipinski definition) is 10. The van der Waals surface area contributed by atoms with E-state index in [0.29, 0.717) is 104 Å². The van der Waals surface area contributed by atoms with Crippen molar-refractivity contribution in [2.45, 2.75) is 279 Å². The van der Waals surface area contributed by atoms with Crippen molar-refractivity contribution in [1.29, 1.82) is 26.3 Å². The van der Waals surface area contributed by atoms with Gasteiger partial charge in [-0.25, -0.2) is 0 Å². The van der Waals surface area contributed by atoms with Crippen molar-refractivity contribution in [1.82, 2.24) is 0 Å². The second-order valence-electron chi connectivity index (χ2n) is 28.9. The number of rotatable bonds is 50. The van der Waals surface area contributed by atoms with Gasteiger partial charge in [0.25, 0.3) is 0 Å². The van der Waals surface area contributed by atoms with E-state index in [1.165, 1.54) is 109 Å². The van der Waals surface area contributed by atoms with Crippen LogP contribution in [0.15, 0.2) is 91.0 Å². The lowest BCUT2D eigenvalue weighted by Gasteiger charge is -2.13. The lowest BCUT2D eigenvalue weighted by atomic mass is 9.92. The van der Waals surface area contributed by atoms with Crippen LogP contribution in [0.25, 0.3) is 58.2 Å². The Morgan fingerprint density at radius 1 is 0.219 bits per heavy atom. The first kappa shape index (κ1) is 85.5. The van der Waals surface area contributed by atoms with E-state index in [2.05, 4.69) is 89.2 Å². The number of allylic oxidation sites excluding steroid dienone is 5. The molecule has 105 heavy (non-hydrogen) atoms. The standard InChI is InChI=1S/C95H125N5O5/c1-6-11-16-19-22-25-28-39-48-103-93-65-80-57-86(69-93)91(74-99)64-82-59-87(70-95(67-82)105-50-41-30-27-24-21-18-13-8-3)92(75-100)63-81-58-85(68-94(66-81)104-49-40-29-26-23-20-17-12-7-2)90(73-98)61-79-52-77(43-34-32-38-47-102-45-36-15-10-5)53-83(56-79)88(71-96)60-78-51-76(54-84(55-78)89(62-80)72-97)42-33-31-37-46-101-44-35-14-9-4/h51-70H,6-50H2,1-5H3/b88-60?,89-62+,90-61+,91-64+,92-63+. The number of nitriles is 5. The minimum Gasteiger partial charge on any atom is -0.494 e. The molecule has 0 saturated carbocycles. The van der Waals surface area contributed by atoms with Crippen molar-refractivity contribution < 1.29 is 23.7 Å². The van der Waals surface area contributed by atoms with Gasteiger partial charge in [-0.1, -0.05) is 232 Å². The second-order valence-corrected chi connectivity index (χ2v) is 28.9. The molecule has 5 aromatic rings. The molecule has 0 unspecified atom stereocenters. The summed E-state index contributed by atoms with van der Waals surface area (Å²) in [6.07, 6.45) is 51.2. The molecule has 0 spiro atoms. The molecule has 0 fully saturated rings. The largest absolute Gasteiger partial charge is 0.494 e. The average Bonchev–Trinajstić information content (AvgIpc) is 0.890. The number of nitrogens with zero attached hydrogens (tertiary/aromatic N) is 5. The maximum absolute atomic E-state index is 11.4. The summed E-state index contributed by atoms with van der Waals surface area (Å²) >= 11 is 0. The molecule has 0 amide bonds. The van der Waals surface area contributed by atoms with Crippen molar-refractivity contribution >= 4 is 58.2 Å².